The molecule has 0 aromatic carbocycles. The molecule has 2 bridgehead atoms. The zero-order valence-corrected chi connectivity index (χ0v) is 16.9. The van der Waals surface area contributed by atoms with E-state index in [0.717, 1.165) is 12.1 Å². The summed E-state index contributed by atoms with van der Waals surface area (Å²) < 4.78 is 7.02. The summed E-state index contributed by atoms with van der Waals surface area (Å²) in [6.45, 7) is 3.96. The predicted octanol–water partition coefficient (Wildman–Crippen LogP) is 1.60. The topological polar surface area (TPSA) is 88.7 Å². The first-order valence-corrected chi connectivity index (χ1v) is 10.4. The summed E-state index contributed by atoms with van der Waals surface area (Å²) in [5.74, 6) is 0.242. The van der Waals surface area contributed by atoms with Crippen LogP contribution in [0.5, 0.6) is 0 Å². The average Bonchev–Trinajstić information content (AvgIpc) is 3.45. The number of nitrogens with zero attached hydrogens (tertiary/aromatic N) is 4. The molecule has 0 spiro atoms. The van der Waals surface area contributed by atoms with Crippen LogP contribution >= 0.6 is 0 Å². The Kier molecular flexibility index (Phi) is 4.56. The number of amides is 2. The molecule has 0 unspecified atom stereocenters. The number of aryl methyl sites for hydroxylation is 1. The second kappa shape index (κ2) is 7.27. The summed E-state index contributed by atoms with van der Waals surface area (Å²) in [6, 6.07) is 4.56. The summed E-state index contributed by atoms with van der Waals surface area (Å²) in [7, 11) is 0. The van der Waals surface area contributed by atoms with E-state index in [1.807, 2.05) is 25.1 Å². The van der Waals surface area contributed by atoms with E-state index < -0.39 is 6.04 Å². The number of carbonyl (C=O) groups excluding carboxylic acids is 2. The van der Waals surface area contributed by atoms with Crippen LogP contribution in [-0.4, -0.2) is 57.3 Å². The Morgan fingerprint density at radius 2 is 1.97 bits per heavy atom. The van der Waals surface area contributed by atoms with Gasteiger partial charge < -0.3 is 14.2 Å². The normalized spacial score (nSPS) is 24.8. The third-order valence-electron chi connectivity index (χ3n) is 6.48. The monoisotopic (exact) mass is 408 g/mol. The number of hydrogen-bond donors (Lipinski definition) is 0. The van der Waals surface area contributed by atoms with E-state index in [4.69, 9.17) is 4.42 Å². The maximum atomic E-state index is 13.4. The van der Waals surface area contributed by atoms with Gasteiger partial charge in [0, 0.05) is 56.2 Å². The van der Waals surface area contributed by atoms with Crippen LogP contribution in [0.25, 0.3) is 0 Å². The van der Waals surface area contributed by atoms with Crippen LogP contribution in [0.15, 0.2) is 46.0 Å². The Morgan fingerprint density at radius 3 is 2.73 bits per heavy atom. The SMILES string of the molecule is CCc1ocnc1C(=O)N1C[C@@H]2C[C@H](C1)[C@H](C(=O)N1CC=CC1)n1c2cccc1=O. The molecule has 0 saturated carbocycles. The highest BCUT2D eigenvalue weighted by atomic mass is 16.3. The molecule has 8 heteroatoms. The van der Waals surface area contributed by atoms with Gasteiger partial charge in [-0.3, -0.25) is 19.0 Å². The molecule has 8 nitrogen and oxygen atoms in total. The average molecular weight is 408 g/mol. The van der Waals surface area contributed by atoms with Gasteiger partial charge in [0.25, 0.3) is 11.5 Å². The Labute approximate surface area is 173 Å². The van der Waals surface area contributed by atoms with Gasteiger partial charge in [-0.25, -0.2) is 4.98 Å². The van der Waals surface area contributed by atoms with E-state index in [1.165, 1.54) is 12.5 Å². The quantitative estimate of drug-likeness (QED) is 0.720. The highest BCUT2D eigenvalue weighted by molar-refractivity contribution is 5.93. The van der Waals surface area contributed by atoms with Crippen molar-refractivity contribution in [2.45, 2.75) is 31.7 Å². The highest BCUT2D eigenvalue weighted by Crippen LogP contribution is 2.42. The molecule has 156 valence electrons. The van der Waals surface area contributed by atoms with E-state index in [-0.39, 0.29) is 29.2 Å². The smallest absolute Gasteiger partial charge is 0.276 e. The van der Waals surface area contributed by atoms with E-state index in [2.05, 4.69) is 4.98 Å². The number of fused-ring (bicyclic) bond motifs is 4. The lowest BCUT2D eigenvalue weighted by molar-refractivity contribution is -0.136. The molecular weight excluding hydrogens is 384 g/mol. The summed E-state index contributed by atoms with van der Waals surface area (Å²) in [6.07, 6.45) is 6.60. The molecule has 2 aromatic heterocycles. The minimum Gasteiger partial charge on any atom is -0.448 e. The van der Waals surface area contributed by atoms with Crippen LogP contribution < -0.4 is 5.56 Å². The van der Waals surface area contributed by atoms with Crippen LogP contribution in [0.4, 0.5) is 0 Å². The Balaban J connectivity index is 1.52. The van der Waals surface area contributed by atoms with Crippen molar-refractivity contribution in [3.8, 4) is 0 Å². The van der Waals surface area contributed by atoms with Crippen molar-refractivity contribution < 1.29 is 14.0 Å². The lowest BCUT2D eigenvalue weighted by Crippen LogP contribution is -2.54. The lowest BCUT2D eigenvalue weighted by atomic mass is 9.78. The van der Waals surface area contributed by atoms with Crippen molar-refractivity contribution in [3.05, 3.63) is 64.2 Å². The van der Waals surface area contributed by atoms with Crippen molar-refractivity contribution in [2.75, 3.05) is 26.2 Å². The molecule has 5 heterocycles. The third kappa shape index (κ3) is 2.89. The molecule has 3 aliphatic rings. The molecular formula is C22H24N4O4. The summed E-state index contributed by atoms with van der Waals surface area (Å²) in [5.41, 5.74) is 1.02. The Hall–Kier alpha value is -3.16. The fourth-order valence-corrected chi connectivity index (χ4v) is 5.11. The number of likely N-dealkylation sites (tertiary alicyclic amines) is 1. The van der Waals surface area contributed by atoms with Crippen LogP contribution in [0.1, 0.15) is 47.2 Å². The molecule has 0 N–H and O–H groups in total. The number of carbonyl (C=O) groups is 2. The molecule has 3 aliphatic heterocycles. The van der Waals surface area contributed by atoms with Crippen LogP contribution in [0.3, 0.4) is 0 Å². The van der Waals surface area contributed by atoms with Crippen LogP contribution in [-0.2, 0) is 11.2 Å². The van der Waals surface area contributed by atoms with Crippen LogP contribution in [0.2, 0.25) is 0 Å². The van der Waals surface area contributed by atoms with Gasteiger partial charge in [-0.2, -0.15) is 0 Å². The van der Waals surface area contributed by atoms with Gasteiger partial charge in [-0.1, -0.05) is 25.1 Å². The van der Waals surface area contributed by atoms with E-state index in [9.17, 15) is 14.4 Å². The summed E-state index contributed by atoms with van der Waals surface area (Å²) in [5, 5.41) is 0. The zero-order valence-electron chi connectivity index (χ0n) is 16.9. The summed E-state index contributed by atoms with van der Waals surface area (Å²) in [4.78, 5) is 47.1. The molecule has 2 aromatic rings. The van der Waals surface area contributed by atoms with Crippen molar-refractivity contribution >= 4 is 11.8 Å². The van der Waals surface area contributed by atoms with Gasteiger partial charge in [0.1, 0.15) is 11.8 Å². The first-order valence-electron chi connectivity index (χ1n) is 10.4. The highest BCUT2D eigenvalue weighted by Gasteiger charge is 2.46. The molecule has 1 saturated heterocycles. The van der Waals surface area contributed by atoms with Crippen molar-refractivity contribution in [1.82, 2.24) is 19.4 Å². The van der Waals surface area contributed by atoms with E-state index >= 15 is 0 Å². The number of pyridine rings is 1. The van der Waals surface area contributed by atoms with Crippen molar-refractivity contribution in [1.29, 1.82) is 0 Å². The molecule has 5 rings (SSSR count). The zero-order chi connectivity index (χ0) is 20.8. The maximum absolute atomic E-state index is 13.4. The van der Waals surface area contributed by atoms with Gasteiger partial charge in [0.15, 0.2) is 12.1 Å². The maximum Gasteiger partial charge on any atom is 0.276 e. The first kappa shape index (κ1) is 18.8. The first-order chi connectivity index (χ1) is 14.6. The number of piperidine rings is 1. The number of aromatic nitrogens is 2. The van der Waals surface area contributed by atoms with Gasteiger partial charge in [-0.05, 0) is 12.5 Å². The Morgan fingerprint density at radius 1 is 1.17 bits per heavy atom. The number of oxazole rings is 1. The van der Waals surface area contributed by atoms with Gasteiger partial charge in [0.05, 0.1) is 0 Å². The number of rotatable bonds is 3. The minimum atomic E-state index is -0.594. The fourth-order valence-electron chi connectivity index (χ4n) is 5.11. The minimum absolute atomic E-state index is 0.0133. The summed E-state index contributed by atoms with van der Waals surface area (Å²) >= 11 is 0. The predicted molar refractivity (Wildman–Crippen MR) is 108 cm³/mol. The molecule has 0 aliphatic carbocycles. The second-order valence-electron chi connectivity index (χ2n) is 8.20. The fraction of sp³-hybridized carbons (Fsp3) is 0.455. The Bertz CT molecular complexity index is 1080. The van der Waals surface area contributed by atoms with Gasteiger partial charge >= 0.3 is 0 Å². The molecule has 0 radical (unpaired) electrons. The van der Waals surface area contributed by atoms with Crippen molar-refractivity contribution in [3.63, 3.8) is 0 Å². The number of hydrogen-bond acceptors (Lipinski definition) is 5. The van der Waals surface area contributed by atoms with Gasteiger partial charge in [0.2, 0.25) is 5.91 Å². The molecule has 2 amide bonds. The molecule has 3 atom stereocenters. The van der Waals surface area contributed by atoms with Gasteiger partial charge in [-0.15, -0.1) is 0 Å². The van der Waals surface area contributed by atoms with E-state index in [1.54, 1.807) is 20.4 Å². The molecule has 1 fully saturated rings. The van der Waals surface area contributed by atoms with E-state index in [0.29, 0.717) is 44.1 Å². The van der Waals surface area contributed by atoms with Crippen molar-refractivity contribution in [2.24, 2.45) is 5.92 Å². The third-order valence-corrected chi connectivity index (χ3v) is 6.48. The largest absolute Gasteiger partial charge is 0.448 e. The standard InChI is InChI=1S/C22H24N4O4/c1-2-17-19(23-13-30-17)21(28)25-11-14-10-15(12-25)20(22(29)24-8-3-4-9-24)26-16(14)6-5-7-18(26)27/h3-7,13-15,20H,2,8-12H2,1H3/t14-,15+,20+/m0/s1. The lowest BCUT2D eigenvalue weighted by Gasteiger charge is -2.46. The molecule has 30 heavy (non-hydrogen) atoms. The van der Waals surface area contributed by atoms with Crippen LogP contribution in [0, 0.1) is 5.92 Å². The second-order valence-corrected chi connectivity index (χ2v) is 8.20.